The van der Waals surface area contributed by atoms with E-state index >= 15 is 4.39 Å². The maximum Gasteiger partial charge on any atom is 0.138 e. The molecular weight excluding hydrogens is 391 g/mol. The predicted octanol–water partition coefficient (Wildman–Crippen LogP) is 8.48. The summed E-state index contributed by atoms with van der Waals surface area (Å²) >= 11 is 0. The van der Waals surface area contributed by atoms with Crippen LogP contribution in [0.3, 0.4) is 0 Å². The smallest absolute Gasteiger partial charge is 0.138 e. The van der Waals surface area contributed by atoms with Gasteiger partial charge in [-0.2, -0.15) is 0 Å². The van der Waals surface area contributed by atoms with Gasteiger partial charge < -0.3 is 0 Å². The summed E-state index contributed by atoms with van der Waals surface area (Å²) in [5.41, 5.74) is 5.96. The second-order valence-corrected chi connectivity index (χ2v) is 8.49. The zero-order valence-corrected chi connectivity index (χ0v) is 18.9. The average Bonchev–Trinajstić information content (AvgIpc) is 2.82. The van der Waals surface area contributed by atoms with Gasteiger partial charge in [0, 0.05) is 22.1 Å². The van der Waals surface area contributed by atoms with Crippen LogP contribution in [0.1, 0.15) is 54.9 Å². The van der Waals surface area contributed by atoms with Crippen molar-refractivity contribution < 1.29 is 4.39 Å². The van der Waals surface area contributed by atoms with E-state index in [2.05, 4.69) is 43.0 Å². The number of rotatable bonds is 6. The van der Waals surface area contributed by atoms with Crippen LogP contribution in [0.2, 0.25) is 0 Å². The minimum absolute atomic E-state index is 0.180. The highest BCUT2D eigenvalue weighted by atomic mass is 19.1. The summed E-state index contributed by atoms with van der Waals surface area (Å²) in [7, 11) is 0. The largest absolute Gasteiger partial charge is 0.206 e. The molecule has 4 rings (SSSR count). The topological polar surface area (TPSA) is 0 Å². The molecule has 0 N–H and O–H groups in total. The molecule has 0 saturated heterocycles. The Hall–Kier alpha value is -3.37. The van der Waals surface area contributed by atoms with Gasteiger partial charge in [-0.25, -0.2) is 4.39 Å². The summed E-state index contributed by atoms with van der Waals surface area (Å²) in [5.74, 6) is 6.29. The van der Waals surface area contributed by atoms with E-state index in [9.17, 15) is 0 Å². The van der Waals surface area contributed by atoms with Crippen LogP contribution >= 0.6 is 0 Å². The van der Waals surface area contributed by atoms with Crippen LogP contribution in [0.15, 0.2) is 78.9 Å². The summed E-state index contributed by atoms with van der Waals surface area (Å²) < 4.78 is 15.2. The molecule has 4 aromatic carbocycles. The molecule has 0 amide bonds. The average molecular weight is 421 g/mol. The lowest BCUT2D eigenvalue weighted by molar-refractivity contribution is 0.643. The lowest BCUT2D eigenvalue weighted by atomic mass is 9.98. The van der Waals surface area contributed by atoms with Crippen molar-refractivity contribution in [3.63, 3.8) is 0 Å². The van der Waals surface area contributed by atoms with Crippen molar-refractivity contribution in [2.45, 2.75) is 46.0 Å². The highest BCUT2D eigenvalue weighted by Crippen LogP contribution is 2.29. The molecule has 0 fully saturated rings. The van der Waals surface area contributed by atoms with Crippen molar-refractivity contribution in [1.82, 2.24) is 0 Å². The molecule has 160 valence electrons. The van der Waals surface area contributed by atoms with E-state index in [1.807, 2.05) is 61.5 Å². The van der Waals surface area contributed by atoms with E-state index in [1.165, 1.54) is 36.8 Å². The van der Waals surface area contributed by atoms with Crippen LogP contribution in [-0.4, -0.2) is 0 Å². The maximum absolute atomic E-state index is 15.2. The first-order valence-electron chi connectivity index (χ1n) is 11.5. The lowest BCUT2D eigenvalue weighted by Crippen LogP contribution is -1.88. The Morgan fingerprint density at radius 1 is 0.719 bits per heavy atom. The van der Waals surface area contributed by atoms with E-state index < -0.39 is 0 Å². The molecule has 0 nitrogen and oxygen atoms in total. The van der Waals surface area contributed by atoms with Crippen LogP contribution in [0.25, 0.3) is 21.9 Å². The predicted molar refractivity (Wildman–Crippen MR) is 134 cm³/mol. The van der Waals surface area contributed by atoms with Crippen molar-refractivity contribution in [2.24, 2.45) is 0 Å². The Bertz CT molecular complexity index is 1250. The number of halogens is 1. The quantitative estimate of drug-likeness (QED) is 0.217. The summed E-state index contributed by atoms with van der Waals surface area (Å²) in [6.07, 6.45) is 6.26. The molecule has 0 aliphatic rings. The first kappa shape index (κ1) is 21.8. The Balaban J connectivity index is 1.51. The fourth-order valence-electron chi connectivity index (χ4n) is 3.98. The zero-order valence-electron chi connectivity index (χ0n) is 18.9. The summed E-state index contributed by atoms with van der Waals surface area (Å²) in [6, 6.07) is 26.0. The molecule has 0 aliphatic carbocycles. The number of hydrogen-bond acceptors (Lipinski definition) is 0. The third-order valence-electron chi connectivity index (χ3n) is 5.94. The van der Waals surface area contributed by atoms with E-state index in [1.54, 1.807) is 0 Å². The van der Waals surface area contributed by atoms with Gasteiger partial charge in [-0.15, -0.1) is 0 Å². The first-order valence-corrected chi connectivity index (χ1v) is 11.5. The Morgan fingerprint density at radius 2 is 1.44 bits per heavy atom. The molecule has 4 aromatic rings. The van der Waals surface area contributed by atoms with Gasteiger partial charge in [0.15, 0.2) is 0 Å². The Labute approximate surface area is 191 Å². The van der Waals surface area contributed by atoms with E-state index in [4.69, 9.17) is 0 Å². The molecule has 0 radical (unpaired) electrons. The van der Waals surface area contributed by atoms with Crippen molar-refractivity contribution in [2.75, 3.05) is 0 Å². The molecule has 0 atom stereocenters. The molecule has 0 aromatic heterocycles. The van der Waals surface area contributed by atoms with Gasteiger partial charge in [0.2, 0.25) is 0 Å². The summed E-state index contributed by atoms with van der Waals surface area (Å²) in [5, 5.41) is 1.49. The van der Waals surface area contributed by atoms with Gasteiger partial charge in [0.05, 0.1) is 0 Å². The van der Waals surface area contributed by atoms with E-state index in [-0.39, 0.29) is 5.82 Å². The minimum atomic E-state index is -0.180. The number of aryl methyl sites for hydroxylation is 2. The second kappa shape index (κ2) is 10.3. The summed E-state index contributed by atoms with van der Waals surface area (Å²) in [6.45, 7) is 4.27. The highest BCUT2D eigenvalue weighted by Gasteiger charge is 2.09. The molecule has 0 spiro atoms. The normalized spacial score (nSPS) is 10.7. The van der Waals surface area contributed by atoms with Gasteiger partial charge in [0.25, 0.3) is 0 Å². The fraction of sp³-hybridized carbons (Fsp3) is 0.226. The van der Waals surface area contributed by atoms with Crippen molar-refractivity contribution in [3.8, 4) is 23.0 Å². The lowest BCUT2D eigenvalue weighted by Gasteiger charge is -2.08. The minimum Gasteiger partial charge on any atom is -0.206 e. The Morgan fingerprint density at radius 3 is 2.19 bits per heavy atom. The van der Waals surface area contributed by atoms with Gasteiger partial charge in [0.1, 0.15) is 5.82 Å². The third-order valence-corrected chi connectivity index (χ3v) is 5.94. The van der Waals surface area contributed by atoms with E-state index in [0.29, 0.717) is 10.9 Å². The number of benzene rings is 4. The van der Waals surface area contributed by atoms with Crippen LogP contribution in [-0.2, 0) is 6.42 Å². The molecule has 1 heteroatoms. The van der Waals surface area contributed by atoms with Crippen molar-refractivity contribution >= 4 is 10.8 Å². The van der Waals surface area contributed by atoms with Crippen LogP contribution in [0.4, 0.5) is 4.39 Å². The molecule has 0 saturated carbocycles. The van der Waals surface area contributed by atoms with Gasteiger partial charge in [-0.05, 0) is 60.5 Å². The monoisotopic (exact) mass is 420 g/mol. The third kappa shape index (κ3) is 5.27. The highest BCUT2D eigenvalue weighted by molar-refractivity contribution is 5.89. The van der Waals surface area contributed by atoms with Crippen LogP contribution in [0.5, 0.6) is 0 Å². The van der Waals surface area contributed by atoms with Gasteiger partial charge in [-0.1, -0.05) is 98.2 Å². The Kier molecular flexibility index (Phi) is 7.03. The maximum atomic E-state index is 15.2. The second-order valence-electron chi connectivity index (χ2n) is 8.49. The van der Waals surface area contributed by atoms with E-state index in [0.717, 1.165) is 28.5 Å². The number of unbranched alkanes of at least 4 members (excludes halogenated alkanes) is 3. The SMILES string of the molecule is CCCCCCc1ccc(C#Cc2ccc3c(F)c(-c4ccc(C)cc4)ccc3c2)cc1. The fourth-order valence-corrected chi connectivity index (χ4v) is 3.98. The van der Waals surface area contributed by atoms with Crippen molar-refractivity contribution in [1.29, 1.82) is 0 Å². The summed E-state index contributed by atoms with van der Waals surface area (Å²) in [4.78, 5) is 0. The van der Waals surface area contributed by atoms with Crippen molar-refractivity contribution in [3.05, 3.63) is 107 Å². The molecule has 0 aliphatic heterocycles. The van der Waals surface area contributed by atoms with Gasteiger partial charge >= 0.3 is 0 Å². The van der Waals surface area contributed by atoms with Crippen LogP contribution < -0.4 is 0 Å². The molecule has 0 bridgehead atoms. The van der Waals surface area contributed by atoms with Crippen LogP contribution in [0, 0.1) is 24.6 Å². The molecule has 0 unspecified atom stereocenters. The standard InChI is InChI=1S/C31H29F/c1-3-4-5-6-7-24-10-12-25(13-11-24)14-15-26-16-20-30-28(22-26)19-21-29(31(30)32)27-17-8-23(2)9-18-27/h8-13,16-22H,3-7H2,1-2H3. The van der Waals surface area contributed by atoms with Gasteiger partial charge in [-0.3, -0.25) is 0 Å². The molecular formula is C31H29F. The number of hydrogen-bond donors (Lipinski definition) is 0. The molecule has 0 heterocycles. The number of fused-ring (bicyclic) bond motifs is 1. The molecule has 32 heavy (non-hydrogen) atoms. The first-order chi connectivity index (χ1) is 15.6. The zero-order chi connectivity index (χ0) is 22.3.